The van der Waals surface area contributed by atoms with Crippen molar-refractivity contribution < 1.29 is 9.53 Å². The molecule has 3 aromatic rings. The molecule has 3 aromatic carbocycles. The molecule has 0 radical (unpaired) electrons. The molecular formula is C24H18O2S. The van der Waals surface area contributed by atoms with E-state index in [1.165, 1.54) is 4.90 Å². The maximum atomic E-state index is 13.5. The Labute approximate surface area is 162 Å². The van der Waals surface area contributed by atoms with Gasteiger partial charge in [0.05, 0.1) is 5.57 Å². The number of rotatable bonds is 2. The minimum Gasteiger partial charge on any atom is -0.475 e. The Balaban J connectivity index is 1.52. The van der Waals surface area contributed by atoms with Crippen LogP contribution in [0.3, 0.4) is 0 Å². The monoisotopic (exact) mass is 370 g/mol. The van der Waals surface area contributed by atoms with Gasteiger partial charge in [0.1, 0.15) is 5.76 Å². The average Bonchev–Trinajstić information content (AvgIpc) is 3.22. The first-order chi connectivity index (χ1) is 13.3. The Bertz CT molecular complexity index is 1130. The number of carbonyl (C=O) groups is 1. The van der Waals surface area contributed by atoms with E-state index in [0.29, 0.717) is 0 Å². The third kappa shape index (κ3) is 2.06. The van der Waals surface area contributed by atoms with Gasteiger partial charge in [0.15, 0.2) is 10.7 Å². The molecule has 0 N–H and O–H groups in total. The fraction of sp³-hybridized carbons (Fsp3) is 0.208. The van der Waals surface area contributed by atoms with Gasteiger partial charge in [-0.25, -0.2) is 0 Å². The topological polar surface area (TPSA) is 26.3 Å². The summed E-state index contributed by atoms with van der Waals surface area (Å²) in [5, 5.41) is 2.15. The molecule has 6 rings (SSSR count). The summed E-state index contributed by atoms with van der Waals surface area (Å²) in [5.41, 5.74) is 2.82. The van der Waals surface area contributed by atoms with Gasteiger partial charge in [-0.1, -0.05) is 66.4 Å². The van der Waals surface area contributed by atoms with Crippen LogP contribution in [0.1, 0.15) is 35.2 Å². The second-order valence-electron chi connectivity index (χ2n) is 7.56. The van der Waals surface area contributed by atoms with Crippen LogP contribution in [0.2, 0.25) is 0 Å². The summed E-state index contributed by atoms with van der Waals surface area (Å²) >= 11 is 1.79. The standard InChI is InChI=1S/C24H18O2S/c25-22-17-11-4-7-15-8-5-12-18(20(15)17)23-21(22)19-13-6-14-24(19,26-23)27-16-9-2-1-3-10-16/h1-5,7-12,19H,6,13-14H2/t19-,24+/m0/s1. The molecule has 2 nitrogen and oxygen atoms in total. The molecule has 0 unspecified atom stereocenters. The minimum absolute atomic E-state index is 0.161. The second kappa shape index (κ2) is 5.49. The fourth-order valence-corrected chi connectivity index (χ4v) is 6.42. The largest absolute Gasteiger partial charge is 0.475 e. The van der Waals surface area contributed by atoms with Crippen LogP contribution in [-0.4, -0.2) is 10.7 Å². The number of hydrogen-bond acceptors (Lipinski definition) is 3. The van der Waals surface area contributed by atoms with E-state index in [9.17, 15) is 4.79 Å². The fourth-order valence-electron chi connectivity index (χ4n) is 4.98. The van der Waals surface area contributed by atoms with Gasteiger partial charge < -0.3 is 4.74 Å². The van der Waals surface area contributed by atoms with E-state index < -0.39 is 0 Å². The van der Waals surface area contributed by atoms with Crippen molar-refractivity contribution in [3.63, 3.8) is 0 Å². The van der Waals surface area contributed by atoms with Crippen molar-refractivity contribution in [3.05, 3.63) is 83.4 Å². The van der Waals surface area contributed by atoms with E-state index in [-0.39, 0.29) is 16.6 Å². The quantitative estimate of drug-likeness (QED) is 0.548. The predicted octanol–water partition coefficient (Wildman–Crippen LogP) is 6.07. The molecule has 0 amide bonds. The first kappa shape index (κ1) is 15.5. The molecule has 3 heteroatoms. The number of carbonyl (C=O) groups excluding carboxylic acids is 1. The van der Waals surface area contributed by atoms with Crippen LogP contribution in [-0.2, 0) is 4.74 Å². The van der Waals surface area contributed by atoms with Gasteiger partial charge in [0.2, 0.25) is 0 Å². The molecule has 27 heavy (non-hydrogen) atoms. The SMILES string of the molecule is O=C1C2=C(O[C@@]3(Sc4ccccc4)CCC[C@@H]23)c2cccc3cccc1c23. The normalized spacial score (nSPS) is 25.5. The lowest BCUT2D eigenvalue weighted by Crippen LogP contribution is -2.29. The second-order valence-corrected chi connectivity index (χ2v) is 8.92. The molecule has 1 saturated carbocycles. The van der Waals surface area contributed by atoms with E-state index >= 15 is 0 Å². The minimum atomic E-state index is -0.355. The van der Waals surface area contributed by atoms with Crippen LogP contribution in [0.4, 0.5) is 0 Å². The molecule has 132 valence electrons. The number of thioether (sulfide) groups is 1. The Hall–Kier alpha value is -2.52. The Morgan fingerprint density at radius 3 is 2.52 bits per heavy atom. The van der Waals surface area contributed by atoms with Gasteiger partial charge in [-0.3, -0.25) is 4.79 Å². The highest BCUT2D eigenvalue weighted by Crippen LogP contribution is 2.61. The summed E-state index contributed by atoms with van der Waals surface area (Å²) in [4.78, 5) is 14.3. The number of ether oxygens (including phenoxy) is 1. The van der Waals surface area contributed by atoms with E-state index in [0.717, 1.165) is 52.5 Å². The molecule has 0 saturated heterocycles. The molecule has 0 spiro atoms. The molecule has 1 heterocycles. The van der Waals surface area contributed by atoms with Gasteiger partial charge >= 0.3 is 0 Å². The van der Waals surface area contributed by atoms with Crippen molar-refractivity contribution in [2.24, 2.45) is 5.92 Å². The number of hydrogen-bond donors (Lipinski definition) is 0. The van der Waals surface area contributed by atoms with Crippen molar-refractivity contribution in [1.82, 2.24) is 0 Å². The summed E-state index contributed by atoms with van der Waals surface area (Å²) < 4.78 is 6.72. The van der Waals surface area contributed by atoms with Gasteiger partial charge in [-0.2, -0.15) is 0 Å². The Morgan fingerprint density at radius 2 is 1.70 bits per heavy atom. The highest BCUT2D eigenvalue weighted by Gasteiger charge is 2.56. The smallest absolute Gasteiger partial charge is 0.193 e. The molecule has 2 aliphatic carbocycles. The van der Waals surface area contributed by atoms with Crippen molar-refractivity contribution in [2.45, 2.75) is 29.1 Å². The summed E-state index contributed by atoms with van der Waals surface area (Å²) in [6.45, 7) is 0. The van der Waals surface area contributed by atoms with Crippen molar-refractivity contribution in [1.29, 1.82) is 0 Å². The van der Waals surface area contributed by atoms with Crippen LogP contribution in [0.25, 0.3) is 16.5 Å². The molecule has 1 aliphatic heterocycles. The zero-order valence-corrected chi connectivity index (χ0v) is 15.6. The molecule has 3 aliphatic rings. The van der Waals surface area contributed by atoms with Crippen LogP contribution >= 0.6 is 11.8 Å². The average molecular weight is 370 g/mol. The summed E-state index contributed by atoms with van der Waals surface area (Å²) in [6, 6.07) is 22.7. The Kier molecular flexibility index (Phi) is 3.16. The molecule has 0 bridgehead atoms. The first-order valence-electron chi connectivity index (χ1n) is 9.51. The van der Waals surface area contributed by atoms with Crippen molar-refractivity contribution in [2.75, 3.05) is 0 Å². The van der Waals surface area contributed by atoms with Gasteiger partial charge in [0, 0.05) is 27.3 Å². The van der Waals surface area contributed by atoms with Crippen LogP contribution in [0.15, 0.2) is 77.2 Å². The van der Waals surface area contributed by atoms with Crippen LogP contribution < -0.4 is 0 Å². The highest BCUT2D eigenvalue weighted by atomic mass is 32.2. The highest BCUT2D eigenvalue weighted by molar-refractivity contribution is 8.00. The van der Waals surface area contributed by atoms with Gasteiger partial charge in [-0.15, -0.1) is 0 Å². The maximum absolute atomic E-state index is 13.5. The third-order valence-corrected chi connectivity index (χ3v) is 7.51. The predicted molar refractivity (Wildman–Crippen MR) is 109 cm³/mol. The number of Topliss-reactive ketones (excluding diaryl/α,β-unsaturated/α-hetero) is 1. The lowest BCUT2D eigenvalue weighted by molar-refractivity contribution is 0.101. The summed E-state index contributed by atoms with van der Waals surface area (Å²) in [7, 11) is 0. The lowest BCUT2D eigenvalue weighted by atomic mass is 9.82. The third-order valence-electron chi connectivity index (χ3n) is 6.09. The first-order valence-corrected chi connectivity index (χ1v) is 10.3. The van der Waals surface area contributed by atoms with Gasteiger partial charge in [0.25, 0.3) is 0 Å². The van der Waals surface area contributed by atoms with Crippen LogP contribution in [0, 0.1) is 5.92 Å². The number of ketones is 1. The number of benzene rings is 3. The van der Waals surface area contributed by atoms with Crippen LogP contribution in [0.5, 0.6) is 0 Å². The van der Waals surface area contributed by atoms with Crippen molar-refractivity contribution >= 4 is 34.1 Å². The molecule has 0 aromatic heterocycles. The summed E-state index contributed by atoms with van der Waals surface area (Å²) in [5.74, 6) is 1.16. The lowest BCUT2D eigenvalue weighted by Gasteiger charge is -2.29. The van der Waals surface area contributed by atoms with E-state index in [4.69, 9.17) is 4.74 Å². The molecular weight excluding hydrogens is 352 g/mol. The molecule has 2 atom stereocenters. The molecule has 1 fully saturated rings. The van der Waals surface area contributed by atoms with Crippen molar-refractivity contribution in [3.8, 4) is 0 Å². The Morgan fingerprint density at radius 1 is 0.926 bits per heavy atom. The zero-order chi connectivity index (χ0) is 18.0. The van der Waals surface area contributed by atoms with E-state index in [1.807, 2.05) is 18.2 Å². The van der Waals surface area contributed by atoms with E-state index in [1.54, 1.807) is 11.8 Å². The number of fused-ring (bicyclic) bond motifs is 3. The maximum Gasteiger partial charge on any atom is 0.193 e. The van der Waals surface area contributed by atoms with E-state index in [2.05, 4.69) is 48.5 Å². The summed E-state index contributed by atoms with van der Waals surface area (Å²) in [6.07, 6.45) is 3.09. The zero-order valence-electron chi connectivity index (χ0n) is 14.8. The van der Waals surface area contributed by atoms with Gasteiger partial charge in [-0.05, 0) is 36.8 Å².